The van der Waals surface area contributed by atoms with Crippen LogP contribution in [0.3, 0.4) is 0 Å². The van der Waals surface area contributed by atoms with E-state index in [0.29, 0.717) is 5.92 Å². The van der Waals surface area contributed by atoms with Crippen LogP contribution in [0.25, 0.3) is 0 Å². The molecule has 0 bridgehead atoms. The zero-order chi connectivity index (χ0) is 18.4. The van der Waals surface area contributed by atoms with Crippen molar-refractivity contribution in [3.63, 3.8) is 0 Å². The molecule has 0 spiro atoms. The minimum atomic E-state index is -0.673. The summed E-state index contributed by atoms with van der Waals surface area (Å²) in [6.45, 7) is 2.72. The molecular formula is C23H29NO2. The minimum absolute atomic E-state index is 0.0712. The first-order chi connectivity index (χ1) is 12.6. The predicted octanol–water partition coefficient (Wildman–Crippen LogP) is 4.57. The summed E-state index contributed by atoms with van der Waals surface area (Å²) < 4.78 is 0. The molecule has 1 saturated carbocycles. The molecule has 2 atom stereocenters. The fourth-order valence-corrected chi connectivity index (χ4v) is 3.77. The Hall–Kier alpha value is -2.13. The van der Waals surface area contributed by atoms with Gasteiger partial charge >= 0.3 is 0 Å². The lowest BCUT2D eigenvalue weighted by atomic mass is 9.89. The highest BCUT2D eigenvalue weighted by atomic mass is 16.3. The molecule has 2 unspecified atom stereocenters. The second-order valence-electron chi connectivity index (χ2n) is 7.45. The zero-order valence-corrected chi connectivity index (χ0v) is 15.5. The number of benzene rings is 2. The van der Waals surface area contributed by atoms with Crippen LogP contribution < -0.4 is 5.32 Å². The van der Waals surface area contributed by atoms with E-state index in [0.717, 1.165) is 23.2 Å². The Morgan fingerprint density at radius 1 is 1.00 bits per heavy atom. The van der Waals surface area contributed by atoms with Crippen molar-refractivity contribution in [2.75, 3.05) is 6.54 Å². The van der Waals surface area contributed by atoms with Crippen molar-refractivity contribution >= 4 is 5.91 Å². The van der Waals surface area contributed by atoms with Crippen LogP contribution in [0.15, 0.2) is 54.6 Å². The quantitative estimate of drug-likeness (QED) is 0.801. The van der Waals surface area contributed by atoms with Crippen LogP contribution >= 0.6 is 0 Å². The standard InChI is InChI=1S/C23H29NO2/c1-17(23(26)24-16-18-9-4-2-5-10-18)20-13-8-14-21(15-20)22(25)19-11-6-3-7-12-19/h3,6-8,11-15,17-18,22,25H,2,4-5,9-10,16H2,1H3,(H,24,26). The molecular weight excluding hydrogens is 322 g/mol. The average Bonchev–Trinajstić information content (AvgIpc) is 2.72. The van der Waals surface area contributed by atoms with Gasteiger partial charge in [0.25, 0.3) is 0 Å². The SMILES string of the molecule is CC(C(=O)NCC1CCCCC1)c1cccc(C(O)c2ccccc2)c1. The molecule has 2 N–H and O–H groups in total. The number of aliphatic hydroxyl groups excluding tert-OH is 1. The second-order valence-corrected chi connectivity index (χ2v) is 7.45. The highest BCUT2D eigenvalue weighted by molar-refractivity contribution is 5.83. The number of carbonyl (C=O) groups is 1. The maximum atomic E-state index is 12.6. The third-order valence-electron chi connectivity index (χ3n) is 5.52. The van der Waals surface area contributed by atoms with Gasteiger partial charge in [-0.25, -0.2) is 0 Å². The van der Waals surface area contributed by atoms with E-state index in [-0.39, 0.29) is 11.8 Å². The van der Waals surface area contributed by atoms with E-state index in [1.165, 1.54) is 32.1 Å². The van der Waals surface area contributed by atoms with Gasteiger partial charge in [0.15, 0.2) is 0 Å². The number of amides is 1. The van der Waals surface area contributed by atoms with Crippen molar-refractivity contribution in [1.29, 1.82) is 0 Å². The molecule has 2 aromatic carbocycles. The van der Waals surface area contributed by atoms with Gasteiger partial charge < -0.3 is 10.4 Å². The fraction of sp³-hybridized carbons (Fsp3) is 0.435. The molecule has 0 saturated heterocycles. The van der Waals surface area contributed by atoms with E-state index < -0.39 is 6.10 Å². The van der Waals surface area contributed by atoms with Gasteiger partial charge in [0, 0.05) is 6.54 Å². The highest BCUT2D eigenvalue weighted by Crippen LogP contribution is 2.26. The van der Waals surface area contributed by atoms with Crippen molar-refractivity contribution in [1.82, 2.24) is 5.32 Å². The van der Waals surface area contributed by atoms with E-state index >= 15 is 0 Å². The Kier molecular flexibility index (Phi) is 6.45. The van der Waals surface area contributed by atoms with Gasteiger partial charge in [-0.2, -0.15) is 0 Å². The Morgan fingerprint density at radius 3 is 2.38 bits per heavy atom. The predicted molar refractivity (Wildman–Crippen MR) is 105 cm³/mol. The normalized spacial score (nSPS) is 17.5. The number of aliphatic hydroxyl groups is 1. The molecule has 1 aliphatic carbocycles. The summed E-state index contributed by atoms with van der Waals surface area (Å²) in [7, 11) is 0. The number of hydrogen-bond donors (Lipinski definition) is 2. The topological polar surface area (TPSA) is 49.3 Å². The van der Waals surface area contributed by atoms with Crippen molar-refractivity contribution in [3.05, 3.63) is 71.3 Å². The molecule has 2 aromatic rings. The summed E-state index contributed by atoms with van der Waals surface area (Å²) in [5, 5.41) is 13.7. The maximum absolute atomic E-state index is 12.6. The molecule has 1 amide bonds. The van der Waals surface area contributed by atoms with Crippen molar-refractivity contribution < 1.29 is 9.90 Å². The van der Waals surface area contributed by atoms with Crippen LogP contribution in [-0.2, 0) is 4.79 Å². The van der Waals surface area contributed by atoms with E-state index in [1.807, 2.05) is 61.5 Å². The van der Waals surface area contributed by atoms with Gasteiger partial charge in [-0.05, 0) is 42.4 Å². The number of nitrogens with one attached hydrogen (secondary N) is 1. The van der Waals surface area contributed by atoms with Gasteiger partial charge in [0.1, 0.15) is 6.10 Å². The van der Waals surface area contributed by atoms with Crippen molar-refractivity contribution in [2.45, 2.75) is 51.0 Å². The van der Waals surface area contributed by atoms with Gasteiger partial charge in [-0.1, -0.05) is 73.9 Å². The zero-order valence-electron chi connectivity index (χ0n) is 15.5. The maximum Gasteiger partial charge on any atom is 0.227 e. The van der Waals surface area contributed by atoms with E-state index in [1.54, 1.807) is 0 Å². The summed E-state index contributed by atoms with van der Waals surface area (Å²) in [5.74, 6) is 0.481. The van der Waals surface area contributed by atoms with E-state index in [2.05, 4.69) is 5.32 Å². The van der Waals surface area contributed by atoms with Crippen LogP contribution in [0.2, 0.25) is 0 Å². The van der Waals surface area contributed by atoms with Crippen molar-refractivity contribution in [3.8, 4) is 0 Å². The van der Waals surface area contributed by atoms with Crippen LogP contribution in [0, 0.1) is 5.92 Å². The van der Waals surface area contributed by atoms with Gasteiger partial charge in [-0.15, -0.1) is 0 Å². The van der Waals surface area contributed by atoms with E-state index in [4.69, 9.17) is 0 Å². The fourth-order valence-electron chi connectivity index (χ4n) is 3.77. The summed E-state index contributed by atoms with van der Waals surface area (Å²) in [6.07, 6.45) is 5.69. The summed E-state index contributed by atoms with van der Waals surface area (Å²) in [5.41, 5.74) is 2.62. The minimum Gasteiger partial charge on any atom is -0.384 e. The Morgan fingerprint density at radius 2 is 1.65 bits per heavy atom. The first-order valence-corrected chi connectivity index (χ1v) is 9.75. The molecule has 3 nitrogen and oxygen atoms in total. The molecule has 1 fully saturated rings. The molecule has 1 aliphatic rings. The van der Waals surface area contributed by atoms with Crippen LogP contribution in [0.4, 0.5) is 0 Å². The van der Waals surface area contributed by atoms with Gasteiger partial charge in [0.05, 0.1) is 5.92 Å². The summed E-state index contributed by atoms with van der Waals surface area (Å²) in [4.78, 5) is 12.6. The smallest absolute Gasteiger partial charge is 0.227 e. The van der Waals surface area contributed by atoms with E-state index in [9.17, 15) is 9.90 Å². The average molecular weight is 351 g/mol. The van der Waals surface area contributed by atoms with Gasteiger partial charge in [0.2, 0.25) is 5.91 Å². The van der Waals surface area contributed by atoms with Crippen LogP contribution in [0.1, 0.15) is 67.7 Å². The molecule has 3 heteroatoms. The third-order valence-corrected chi connectivity index (χ3v) is 5.52. The Labute approximate surface area is 156 Å². The molecule has 138 valence electrons. The molecule has 3 rings (SSSR count). The second kappa shape index (κ2) is 9.00. The van der Waals surface area contributed by atoms with Gasteiger partial charge in [-0.3, -0.25) is 4.79 Å². The lowest BCUT2D eigenvalue weighted by Crippen LogP contribution is -2.33. The van der Waals surface area contributed by atoms with Crippen molar-refractivity contribution in [2.24, 2.45) is 5.92 Å². The molecule has 26 heavy (non-hydrogen) atoms. The number of rotatable bonds is 6. The van der Waals surface area contributed by atoms with Crippen LogP contribution in [-0.4, -0.2) is 17.6 Å². The monoisotopic (exact) mass is 351 g/mol. The lowest BCUT2D eigenvalue weighted by molar-refractivity contribution is -0.122. The largest absolute Gasteiger partial charge is 0.384 e. The Balaban J connectivity index is 1.63. The molecule has 0 aliphatic heterocycles. The summed E-state index contributed by atoms with van der Waals surface area (Å²) >= 11 is 0. The lowest BCUT2D eigenvalue weighted by Gasteiger charge is -2.23. The highest BCUT2D eigenvalue weighted by Gasteiger charge is 2.19. The number of carbonyl (C=O) groups excluding carboxylic acids is 1. The first kappa shape index (κ1) is 18.7. The molecule has 0 heterocycles. The third kappa shape index (κ3) is 4.73. The first-order valence-electron chi connectivity index (χ1n) is 9.75. The van der Waals surface area contributed by atoms with Crippen LogP contribution in [0.5, 0.6) is 0 Å². The molecule has 0 aromatic heterocycles. The molecule has 0 radical (unpaired) electrons. The Bertz CT molecular complexity index is 707. The summed E-state index contributed by atoms with van der Waals surface area (Å²) in [6, 6.07) is 17.3. The number of hydrogen-bond acceptors (Lipinski definition) is 2.